The van der Waals surface area contributed by atoms with E-state index in [4.69, 9.17) is 21.6 Å². The minimum Gasteiger partial charge on any atom is -0.495 e. The first kappa shape index (κ1) is 20.0. The van der Waals surface area contributed by atoms with Crippen molar-refractivity contribution in [3.63, 3.8) is 0 Å². The molecule has 0 saturated carbocycles. The van der Waals surface area contributed by atoms with Crippen LogP contribution >= 0.6 is 23.4 Å². The first-order chi connectivity index (χ1) is 14.7. The predicted octanol–water partition coefficient (Wildman–Crippen LogP) is 5.76. The first-order valence-electron chi connectivity index (χ1n) is 9.16. The van der Waals surface area contributed by atoms with E-state index in [0.29, 0.717) is 22.1 Å². The fourth-order valence-corrected chi connectivity index (χ4v) is 4.15. The third-order valence-electron chi connectivity index (χ3n) is 4.51. The summed E-state index contributed by atoms with van der Waals surface area (Å²) >= 11 is 7.96. The third kappa shape index (κ3) is 4.18. The van der Waals surface area contributed by atoms with Crippen LogP contribution in [0.5, 0.6) is 5.75 Å². The number of rotatable bonds is 6. The lowest BCUT2D eigenvalue weighted by Crippen LogP contribution is -2.00. The first-order valence-corrected chi connectivity index (χ1v) is 10.5. The van der Waals surface area contributed by atoms with Crippen LogP contribution in [0.25, 0.3) is 17.1 Å². The molecule has 1 aromatic heterocycles. The van der Waals surface area contributed by atoms with Crippen LogP contribution in [0.2, 0.25) is 5.02 Å². The average molecular weight is 433 g/mol. The number of thioether (sulfide) groups is 1. The molecule has 0 radical (unpaired) electrons. The second-order valence-electron chi connectivity index (χ2n) is 6.42. The van der Waals surface area contributed by atoms with Gasteiger partial charge < -0.3 is 4.74 Å². The normalized spacial score (nSPS) is 10.6. The summed E-state index contributed by atoms with van der Waals surface area (Å²) in [5.41, 5.74) is 3.56. The summed E-state index contributed by atoms with van der Waals surface area (Å²) in [5, 5.41) is 19.1. The van der Waals surface area contributed by atoms with Gasteiger partial charge in [-0.25, -0.2) is 0 Å². The van der Waals surface area contributed by atoms with Crippen molar-refractivity contribution in [3.05, 3.63) is 88.9 Å². The Morgan fingerprint density at radius 3 is 2.47 bits per heavy atom. The molecule has 4 aromatic rings. The van der Waals surface area contributed by atoms with Crippen LogP contribution in [0, 0.1) is 11.3 Å². The van der Waals surface area contributed by atoms with Crippen molar-refractivity contribution < 1.29 is 4.74 Å². The molecular formula is C23H17ClN4OS. The molecule has 30 heavy (non-hydrogen) atoms. The second-order valence-corrected chi connectivity index (χ2v) is 7.77. The second kappa shape index (κ2) is 9.04. The van der Waals surface area contributed by atoms with Crippen LogP contribution in [0.3, 0.4) is 0 Å². The molecule has 5 nitrogen and oxygen atoms in total. The topological polar surface area (TPSA) is 63.7 Å². The van der Waals surface area contributed by atoms with Gasteiger partial charge in [0.15, 0.2) is 11.0 Å². The van der Waals surface area contributed by atoms with Crippen molar-refractivity contribution in [2.24, 2.45) is 0 Å². The molecule has 148 valence electrons. The summed E-state index contributed by atoms with van der Waals surface area (Å²) in [7, 11) is 1.59. The summed E-state index contributed by atoms with van der Waals surface area (Å²) in [6.07, 6.45) is 0. The van der Waals surface area contributed by atoms with E-state index in [-0.39, 0.29) is 0 Å². The molecule has 7 heteroatoms. The van der Waals surface area contributed by atoms with E-state index in [2.05, 4.69) is 16.3 Å². The predicted molar refractivity (Wildman–Crippen MR) is 119 cm³/mol. The van der Waals surface area contributed by atoms with Gasteiger partial charge in [-0.05, 0) is 35.9 Å². The van der Waals surface area contributed by atoms with E-state index in [9.17, 15) is 0 Å². The quantitative estimate of drug-likeness (QED) is 0.362. The van der Waals surface area contributed by atoms with Gasteiger partial charge in [0.05, 0.1) is 29.5 Å². The molecule has 0 spiro atoms. The minimum atomic E-state index is 0.519. The Hall–Kier alpha value is -3.27. The molecule has 0 aliphatic carbocycles. The largest absolute Gasteiger partial charge is 0.495 e. The Kier molecular flexibility index (Phi) is 6.03. The lowest BCUT2D eigenvalue weighted by atomic mass is 10.2. The summed E-state index contributed by atoms with van der Waals surface area (Å²) < 4.78 is 7.28. The van der Waals surface area contributed by atoms with Gasteiger partial charge in [0, 0.05) is 11.3 Å². The van der Waals surface area contributed by atoms with Crippen LogP contribution in [-0.2, 0) is 5.75 Å². The van der Waals surface area contributed by atoms with Crippen molar-refractivity contribution in [2.45, 2.75) is 10.9 Å². The number of nitrogens with zero attached hydrogens (tertiary/aromatic N) is 4. The van der Waals surface area contributed by atoms with Crippen LogP contribution < -0.4 is 4.74 Å². The Bertz CT molecular complexity index is 1200. The highest BCUT2D eigenvalue weighted by molar-refractivity contribution is 7.98. The fourth-order valence-electron chi connectivity index (χ4n) is 2.99. The standard InChI is InChI=1S/C23H17ClN4OS/c1-29-21-12-11-19(13-20(21)24)28-22(18-5-3-2-4-6-18)26-27-23(28)30-15-17-9-7-16(14-25)8-10-17/h2-13H,15H2,1H3. The number of halogens is 1. The SMILES string of the molecule is COc1ccc(-n2c(SCc3ccc(C#N)cc3)nnc2-c2ccccc2)cc1Cl. The van der Waals surface area contributed by atoms with Crippen molar-refractivity contribution >= 4 is 23.4 Å². The van der Waals surface area contributed by atoms with Crippen LogP contribution in [0.4, 0.5) is 0 Å². The summed E-state index contributed by atoms with van der Waals surface area (Å²) in [5.74, 6) is 2.04. The lowest BCUT2D eigenvalue weighted by molar-refractivity contribution is 0.415. The molecule has 0 N–H and O–H groups in total. The zero-order valence-corrected chi connectivity index (χ0v) is 17.7. The van der Waals surface area contributed by atoms with Crippen LogP contribution in [-0.4, -0.2) is 21.9 Å². The Labute approximate surface area is 183 Å². The zero-order chi connectivity index (χ0) is 20.9. The number of ether oxygens (including phenoxy) is 1. The molecule has 0 saturated heterocycles. The molecule has 0 fully saturated rings. The van der Waals surface area contributed by atoms with Gasteiger partial charge in [0.1, 0.15) is 5.75 Å². The Morgan fingerprint density at radius 2 is 1.80 bits per heavy atom. The summed E-state index contributed by atoms with van der Waals surface area (Å²) in [6, 6.07) is 25.2. The highest BCUT2D eigenvalue weighted by atomic mass is 35.5. The van der Waals surface area contributed by atoms with Gasteiger partial charge in [-0.3, -0.25) is 4.57 Å². The number of hydrogen-bond acceptors (Lipinski definition) is 5. The van der Waals surface area contributed by atoms with E-state index in [1.807, 2.05) is 77.4 Å². The summed E-state index contributed by atoms with van der Waals surface area (Å²) in [6.45, 7) is 0. The lowest BCUT2D eigenvalue weighted by Gasteiger charge is -2.12. The van der Waals surface area contributed by atoms with Crippen molar-refractivity contribution in [3.8, 4) is 28.9 Å². The molecule has 0 aliphatic rings. The van der Waals surface area contributed by atoms with E-state index >= 15 is 0 Å². The van der Waals surface area contributed by atoms with Crippen molar-refractivity contribution in [2.75, 3.05) is 7.11 Å². The number of aromatic nitrogens is 3. The molecular weight excluding hydrogens is 416 g/mol. The molecule has 0 amide bonds. The third-order valence-corrected chi connectivity index (χ3v) is 5.81. The molecule has 3 aromatic carbocycles. The number of methoxy groups -OCH3 is 1. The van der Waals surface area contributed by atoms with Gasteiger partial charge >= 0.3 is 0 Å². The molecule has 0 aliphatic heterocycles. The van der Waals surface area contributed by atoms with Gasteiger partial charge in [-0.1, -0.05) is 65.8 Å². The Morgan fingerprint density at radius 1 is 1.03 bits per heavy atom. The summed E-state index contributed by atoms with van der Waals surface area (Å²) in [4.78, 5) is 0. The van der Waals surface area contributed by atoms with Gasteiger partial charge in [0.2, 0.25) is 0 Å². The molecule has 0 atom stereocenters. The van der Waals surface area contributed by atoms with E-state index < -0.39 is 0 Å². The maximum absolute atomic E-state index is 8.97. The number of hydrogen-bond donors (Lipinski definition) is 0. The van der Waals surface area contributed by atoms with Gasteiger partial charge in [0.25, 0.3) is 0 Å². The highest BCUT2D eigenvalue weighted by Crippen LogP contribution is 2.33. The smallest absolute Gasteiger partial charge is 0.196 e. The van der Waals surface area contributed by atoms with E-state index in [1.165, 1.54) is 0 Å². The maximum Gasteiger partial charge on any atom is 0.196 e. The van der Waals surface area contributed by atoms with Crippen molar-refractivity contribution in [1.82, 2.24) is 14.8 Å². The number of benzene rings is 3. The fraction of sp³-hybridized carbons (Fsp3) is 0.0870. The maximum atomic E-state index is 8.97. The van der Waals surface area contributed by atoms with E-state index in [1.54, 1.807) is 18.9 Å². The van der Waals surface area contributed by atoms with E-state index in [0.717, 1.165) is 27.8 Å². The van der Waals surface area contributed by atoms with Crippen LogP contribution in [0.15, 0.2) is 78.0 Å². The number of nitriles is 1. The van der Waals surface area contributed by atoms with Gasteiger partial charge in [-0.2, -0.15) is 5.26 Å². The Balaban J connectivity index is 1.72. The monoisotopic (exact) mass is 432 g/mol. The van der Waals surface area contributed by atoms with Gasteiger partial charge in [-0.15, -0.1) is 10.2 Å². The molecule has 0 bridgehead atoms. The highest BCUT2D eigenvalue weighted by Gasteiger charge is 2.17. The minimum absolute atomic E-state index is 0.519. The van der Waals surface area contributed by atoms with Crippen LogP contribution in [0.1, 0.15) is 11.1 Å². The van der Waals surface area contributed by atoms with Crippen molar-refractivity contribution in [1.29, 1.82) is 5.26 Å². The zero-order valence-electron chi connectivity index (χ0n) is 16.1. The molecule has 4 rings (SSSR count). The molecule has 1 heterocycles. The average Bonchev–Trinajstić information content (AvgIpc) is 3.22. The molecule has 0 unspecified atom stereocenters.